The molecule has 1 aliphatic rings. The van der Waals surface area contributed by atoms with Gasteiger partial charge in [0.15, 0.2) is 0 Å². The quantitative estimate of drug-likeness (QED) is 0.937. The predicted molar refractivity (Wildman–Crippen MR) is 88.4 cm³/mol. The molecule has 0 spiro atoms. The average molecular weight is 311 g/mol. The number of piperidine rings is 1. The van der Waals surface area contributed by atoms with Crippen LogP contribution in [0.15, 0.2) is 30.9 Å². The Morgan fingerprint density at radius 2 is 1.87 bits per heavy atom. The van der Waals surface area contributed by atoms with Crippen molar-refractivity contribution in [3.8, 4) is 0 Å². The van der Waals surface area contributed by atoms with Crippen molar-refractivity contribution in [1.29, 1.82) is 0 Å². The highest BCUT2D eigenvalue weighted by atomic mass is 16.1. The smallest absolute Gasteiger partial charge is 0.251 e. The summed E-state index contributed by atoms with van der Waals surface area (Å²) < 4.78 is 0. The SMILES string of the molecule is Cc1ncnc(N2CCC(NC(=O)c3ccncc3)CC2)c1C. The highest BCUT2D eigenvalue weighted by molar-refractivity contribution is 5.94. The second-order valence-electron chi connectivity index (χ2n) is 5.88. The molecule has 120 valence electrons. The van der Waals surface area contributed by atoms with Crippen molar-refractivity contribution in [2.75, 3.05) is 18.0 Å². The lowest BCUT2D eigenvalue weighted by molar-refractivity contribution is 0.0931. The summed E-state index contributed by atoms with van der Waals surface area (Å²) in [6, 6.07) is 3.67. The zero-order chi connectivity index (χ0) is 16.2. The third-order valence-electron chi connectivity index (χ3n) is 4.38. The van der Waals surface area contributed by atoms with E-state index in [2.05, 4.69) is 32.1 Å². The number of nitrogens with zero attached hydrogens (tertiary/aromatic N) is 4. The van der Waals surface area contributed by atoms with E-state index < -0.39 is 0 Å². The summed E-state index contributed by atoms with van der Waals surface area (Å²) in [5.74, 6) is 0.983. The summed E-state index contributed by atoms with van der Waals surface area (Å²) in [4.78, 5) is 27.0. The molecule has 6 heteroatoms. The molecule has 2 aromatic heterocycles. The summed E-state index contributed by atoms with van der Waals surface area (Å²) in [5, 5.41) is 3.11. The largest absolute Gasteiger partial charge is 0.356 e. The van der Waals surface area contributed by atoms with Gasteiger partial charge in [0, 0.05) is 48.3 Å². The normalized spacial score (nSPS) is 15.5. The maximum absolute atomic E-state index is 12.2. The van der Waals surface area contributed by atoms with Crippen molar-refractivity contribution in [1.82, 2.24) is 20.3 Å². The highest BCUT2D eigenvalue weighted by Crippen LogP contribution is 2.22. The van der Waals surface area contributed by atoms with Crippen LogP contribution in [0.1, 0.15) is 34.5 Å². The molecule has 0 aliphatic carbocycles. The molecule has 3 heterocycles. The molecule has 23 heavy (non-hydrogen) atoms. The summed E-state index contributed by atoms with van der Waals surface area (Å²) >= 11 is 0. The van der Waals surface area contributed by atoms with Crippen LogP contribution in [-0.2, 0) is 0 Å². The first-order chi connectivity index (χ1) is 11.1. The van der Waals surface area contributed by atoms with E-state index in [1.807, 2.05) is 6.92 Å². The minimum Gasteiger partial charge on any atom is -0.356 e. The first-order valence-electron chi connectivity index (χ1n) is 7.89. The van der Waals surface area contributed by atoms with E-state index in [0.29, 0.717) is 5.56 Å². The second-order valence-corrected chi connectivity index (χ2v) is 5.88. The third kappa shape index (κ3) is 3.47. The Balaban J connectivity index is 1.58. The molecule has 2 aromatic rings. The molecule has 1 amide bonds. The van der Waals surface area contributed by atoms with E-state index in [1.54, 1.807) is 30.9 Å². The molecule has 0 aromatic carbocycles. The number of nitrogens with one attached hydrogen (secondary N) is 1. The number of pyridine rings is 1. The Morgan fingerprint density at radius 3 is 2.57 bits per heavy atom. The Labute approximate surface area is 136 Å². The molecule has 3 rings (SSSR count). The number of hydrogen-bond donors (Lipinski definition) is 1. The van der Waals surface area contributed by atoms with Crippen LogP contribution >= 0.6 is 0 Å². The predicted octanol–water partition coefficient (Wildman–Crippen LogP) is 1.89. The van der Waals surface area contributed by atoms with Gasteiger partial charge in [0.2, 0.25) is 0 Å². The van der Waals surface area contributed by atoms with Gasteiger partial charge in [-0.2, -0.15) is 0 Å². The van der Waals surface area contributed by atoms with Gasteiger partial charge in [-0.15, -0.1) is 0 Å². The van der Waals surface area contributed by atoms with Gasteiger partial charge in [0.1, 0.15) is 12.1 Å². The molecule has 1 aliphatic heterocycles. The highest BCUT2D eigenvalue weighted by Gasteiger charge is 2.23. The van der Waals surface area contributed by atoms with Crippen LogP contribution in [0.25, 0.3) is 0 Å². The Kier molecular flexibility index (Phi) is 4.50. The van der Waals surface area contributed by atoms with Gasteiger partial charge in [-0.25, -0.2) is 9.97 Å². The number of aryl methyl sites for hydroxylation is 1. The summed E-state index contributed by atoms with van der Waals surface area (Å²) in [5.41, 5.74) is 2.81. The number of aromatic nitrogens is 3. The van der Waals surface area contributed by atoms with E-state index in [-0.39, 0.29) is 11.9 Å². The van der Waals surface area contributed by atoms with E-state index in [9.17, 15) is 4.79 Å². The molecule has 0 bridgehead atoms. The van der Waals surface area contributed by atoms with E-state index in [1.165, 1.54) is 0 Å². The molecule has 0 atom stereocenters. The van der Waals surface area contributed by atoms with Gasteiger partial charge in [-0.3, -0.25) is 9.78 Å². The zero-order valence-corrected chi connectivity index (χ0v) is 13.5. The van der Waals surface area contributed by atoms with Crippen molar-refractivity contribution in [2.24, 2.45) is 0 Å². The number of rotatable bonds is 3. The molecular formula is C17H21N5O. The Morgan fingerprint density at radius 1 is 1.17 bits per heavy atom. The molecule has 0 saturated carbocycles. The van der Waals surface area contributed by atoms with Gasteiger partial charge in [-0.05, 0) is 38.8 Å². The van der Waals surface area contributed by atoms with Gasteiger partial charge in [-0.1, -0.05) is 0 Å². The zero-order valence-electron chi connectivity index (χ0n) is 13.5. The lowest BCUT2D eigenvalue weighted by Crippen LogP contribution is -2.45. The summed E-state index contributed by atoms with van der Waals surface area (Å²) in [6.45, 7) is 5.83. The fourth-order valence-electron chi connectivity index (χ4n) is 2.85. The fourth-order valence-corrected chi connectivity index (χ4v) is 2.85. The minimum atomic E-state index is -0.0279. The summed E-state index contributed by atoms with van der Waals surface area (Å²) in [7, 11) is 0. The van der Waals surface area contributed by atoms with E-state index >= 15 is 0 Å². The third-order valence-corrected chi connectivity index (χ3v) is 4.38. The van der Waals surface area contributed by atoms with Crippen LogP contribution in [-0.4, -0.2) is 40.0 Å². The van der Waals surface area contributed by atoms with Crippen molar-refractivity contribution < 1.29 is 4.79 Å². The number of carbonyl (C=O) groups is 1. The standard InChI is InChI=1S/C17H21N5O/c1-12-13(2)19-11-20-16(12)22-9-5-15(6-10-22)21-17(23)14-3-7-18-8-4-14/h3-4,7-8,11,15H,5-6,9-10H2,1-2H3,(H,21,23). The van der Waals surface area contributed by atoms with E-state index in [4.69, 9.17) is 0 Å². The Hall–Kier alpha value is -2.50. The fraction of sp³-hybridized carbons (Fsp3) is 0.412. The second kappa shape index (κ2) is 6.73. The van der Waals surface area contributed by atoms with Crippen molar-refractivity contribution in [2.45, 2.75) is 32.7 Å². The first kappa shape index (κ1) is 15.4. The molecule has 6 nitrogen and oxygen atoms in total. The van der Waals surface area contributed by atoms with Crippen LogP contribution in [0, 0.1) is 13.8 Å². The average Bonchev–Trinajstić information content (AvgIpc) is 2.59. The van der Waals surface area contributed by atoms with Crippen molar-refractivity contribution in [3.63, 3.8) is 0 Å². The van der Waals surface area contributed by atoms with Crippen molar-refractivity contribution in [3.05, 3.63) is 47.7 Å². The van der Waals surface area contributed by atoms with Crippen LogP contribution in [0.4, 0.5) is 5.82 Å². The van der Waals surface area contributed by atoms with Gasteiger partial charge in [0.25, 0.3) is 5.91 Å². The number of anilines is 1. The minimum absolute atomic E-state index is 0.0279. The number of amides is 1. The summed E-state index contributed by atoms with van der Waals surface area (Å²) in [6.07, 6.45) is 6.73. The van der Waals surface area contributed by atoms with Gasteiger partial charge in [0.05, 0.1) is 0 Å². The topological polar surface area (TPSA) is 71.0 Å². The van der Waals surface area contributed by atoms with Crippen LogP contribution in [0.2, 0.25) is 0 Å². The van der Waals surface area contributed by atoms with Gasteiger partial charge < -0.3 is 10.2 Å². The number of carbonyl (C=O) groups excluding carboxylic acids is 1. The maximum atomic E-state index is 12.2. The van der Waals surface area contributed by atoms with Crippen molar-refractivity contribution >= 4 is 11.7 Å². The van der Waals surface area contributed by atoms with Gasteiger partial charge >= 0.3 is 0 Å². The molecule has 1 fully saturated rings. The monoisotopic (exact) mass is 311 g/mol. The Bertz CT molecular complexity index is 681. The molecule has 0 radical (unpaired) electrons. The van der Waals surface area contributed by atoms with E-state index in [0.717, 1.165) is 43.0 Å². The molecule has 1 N–H and O–H groups in total. The molecule has 0 unspecified atom stereocenters. The lowest BCUT2D eigenvalue weighted by Gasteiger charge is -2.34. The van der Waals surface area contributed by atoms with Crippen LogP contribution in [0.3, 0.4) is 0 Å². The number of hydrogen-bond acceptors (Lipinski definition) is 5. The molecule has 1 saturated heterocycles. The van der Waals surface area contributed by atoms with Crippen LogP contribution in [0.5, 0.6) is 0 Å². The molecular weight excluding hydrogens is 290 g/mol. The maximum Gasteiger partial charge on any atom is 0.251 e. The lowest BCUT2D eigenvalue weighted by atomic mass is 10.0. The van der Waals surface area contributed by atoms with Crippen LogP contribution < -0.4 is 10.2 Å². The first-order valence-corrected chi connectivity index (χ1v) is 7.89.